The van der Waals surface area contributed by atoms with E-state index in [1.807, 2.05) is 47.0 Å². The predicted molar refractivity (Wildman–Crippen MR) is 108 cm³/mol. The van der Waals surface area contributed by atoms with Crippen molar-refractivity contribution in [1.82, 2.24) is 14.4 Å². The van der Waals surface area contributed by atoms with E-state index in [2.05, 4.69) is 29.0 Å². The molecule has 0 spiro atoms. The minimum atomic E-state index is -0.314. The highest BCUT2D eigenvalue weighted by atomic mass is 16.3. The van der Waals surface area contributed by atoms with E-state index in [1.54, 1.807) is 4.57 Å². The van der Waals surface area contributed by atoms with Crippen LogP contribution in [-0.2, 0) is 19.5 Å². The summed E-state index contributed by atoms with van der Waals surface area (Å²) in [5.41, 5.74) is 2.34. The second kappa shape index (κ2) is 8.12. The van der Waals surface area contributed by atoms with Gasteiger partial charge < -0.3 is 10.0 Å². The number of hydrogen-bond acceptors (Lipinski definition) is 4. The maximum atomic E-state index is 13.0. The van der Waals surface area contributed by atoms with Crippen LogP contribution < -0.4 is 9.96 Å². The first-order chi connectivity index (χ1) is 13.6. The molecule has 0 unspecified atom stereocenters. The Bertz CT molecular complexity index is 1010. The Balaban J connectivity index is 1.68. The second-order valence-electron chi connectivity index (χ2n) is 7.50. The fourth-order valence-electron chi connectivity index (χ4n) is 3.82. The van der Waals surface area contributed by atoms with Crippen molar-refractivity contribution in [2.45, 2.75) is 19.5 Å². The number of piperazine rings is 1. The molecule has 28 heavy (non-hydrogen) atoms. The summed E-state index contributed by atoms with van der Waals surface area (Å²) in [5.74, 6) is -0.143. The molecule has 146 valence electrons. The fraction of sp³-hybridized carbons (Fsp3) is 0.364. The van der Waals surface area contributed by atoms with E-state index >= 15 is 0 Å². The van der Waals surface area contributed by atoms with Gasteiger partial charge in [0, 0.05) is 38.7 Å². The van der Waals surface area contributed by atoms with E-state index in [-0.39, 0.29) is 11.3 Å². The number of hydrogen-bond donors (Lipinski definition) is 1. The Kier molecular flexibility index (Phi) is 5.41. The summed E-state index contributed by atoms with van der Waals surface area (Å²) in [5, 5.41) is 10.8. The second-order valence-corrected chi connectivity index (χ2v) is 7.50. The van der Waals surface area contributed by atoms with Gasteiger partial charge in [-0.2, -0.15) is 8.97 Å². The van der Waals surface area contributed by atoms with Crippen molar-refractivity contribution in [1.29, 1.82) is 0 Å². The molecule has 0 atom stereocenters. The topological polar surface area (TPSA) is 52.8 Å². The number of rotatable bonds is 5. The van der Waals surface area contributed by atoms with Crippen LogP contribution in [0.15, 0.2) is 59.5 Å². The Hall–Kier alpha value is -2.70. The smallest absolute Gasteiger partial charge is 0.380 e. The molecule has 1 aromatic carbocycles. The summed E-state index contributed by atoms with van der Waals surface area (Å²) in [6, 6.07) is 15.9. The number of aryl methyl sites for hydroxylation is 2. The normalized spacial score (nSPS) is 15.9. The van der Waals surface area contributed by atoms with Gasteiger partial charge in [-0.1, -0.05) is 36.4 Å². The molecule has 0 saturated carbocycles. The zero-order chi connectivity index (χ0) is 19.5. The SMILES string of the molecule is CN1CCN(Cc2c(O)c(=O)n(CCc3ccccc3)c3cccc[n+]23)CC1. The molecule has 1 fully saturated rings. The van der Waals surface area contributed by atoms with Crippen LogP contribution >= 0.6 is 0 Å². The van der Waals surface area contributed by atoms with Crippen LogP contribution in [0.4, 0.5) is 0 Å². The van der Waals surface area contributed by atoms with Crippen molar-refractivity contribution >= 4 is 5.65 Å². The van der Waals surface area contributed by atoms with Crippen molar-refractivity contribution in [3.8, 4) is 5.75 Å². The van der Waals surface area contributed by atoms with Crippen LogP contribution in [0.2, 0.25) is 0 Å². The summed E-state index contributed by atoms with van der Waals surface area (Å²) in [4.78, 5) is 17.6. The highest BCUT2D eigenvalue weighted by molar-refractivity contribution is 5.35. The van der Waals surface area contributed by atoms with Gasteiger partial charge in [0.25, 0.3) is 11.4 Å². The predicted octanol–water partition coefficient (Wildman–Crippen LogP) is 1.28. The first-order valence-corrected chi connectivity index (χ1v) is 9.83. The van der Waals surface area contributed by atoms with Crippen molar-refractivity contribution in [3.05, 3.63) is 76.3 Å². The lowest BCUT2D eigenvalue weighted by atomic mass is 10.1. The molecule has 1 aliphatic rings. The van der Waals surface area contributed by atoms with Crippen LogP contribution in [0.25, 0.3) is 5.65 Å². The summed E-state index contributed by atoms with van der Waals surface area (Å²) >= 11 is 0. The lowest BCUT2D eigenvalue weighted by Crippen LogP contribution is -2.46. The summed E-state index contributed by atoms with van der Waals surface area (Å²) in [7, 11) is 2.12. The monoisotopic (exact) mass is 379 g/mol. The molecule has 3 heterocycles. The molecule has 1 saturated heterocycles. The van der Waals surface area contributed by atoms with Gasteiger partial charge in [0.1, 0.15) is 0 Å². The Morgan fingerprint density at radius 2 is 1.71 bits per heavy atom. The summed E-state index contributed by atoms with van der Waals surface area (Å²) in [6.07, 6.45) is 2.67. The maximum Gasteiger partial charge on any atom is 0.380 e. The third-order valence-corrected chi connectivity index (χ3v) is 5.56. The minimum Gasteiger partial charge on any atom is -0.499 e. The third-order valence-electron chi connectivity index (χ3n) is 5.56. The molecule has 0 aliphatic carbocycles. The molecule has 0 bridgehead atoms. The fourth-order valence-corrected chi connectivity index (χ4v) is 3.82. The van der Waals surface area contributed by atoms with Gasteiger partial charge >= 0.3 is 5.56 Å². The molecule has 1 N–H and O–H groups in total. The molecule has 6 nitrogen and oxygen atoms in total. The third kappa shape index (κ3) is 3.79. The van der Waals surface area contributed by atoms with Gasteiger partial charge in [-0.05, 0) is 18.7 Å². The molecular formula is C22H27N4O2+. The van der Waals surface area contributed by atoms with Crippen LogP contribution in [0.1, 0.15) is 11.3 Å². The van der Waals surface area contributed by atoms with Crippen LogP contribution in [0.3, 0.4) is 0 Å². The van der Waals surface area contributed by atoms with Crippen LogP contribution in [0, 0.1) is 0 Å². The number of aromatic nitrogens is 2. The standard InChI is InChI=1S/C22H26N4O2/c1-23-13-15-24(16-14-23)17-19-21(27)22(28)26(20-9-5-6-11-25(19)20)12-10-18-7-3-2-4-8-18/h2-9,11H,10,12-17H2,1H3/p+1. The largest absolute Gasteiger partial charge is 0.499 e. The molecular weight excluding hydrogens is 352 g/mol. The van der Waals surface area contributed by atoms with Crippen LogP contribution in [-0.4, -0.2) is 52.7 Å². The van der Waals surface area contributed by atoms with Gasteiger partial charge in [-0.3, -0.25) is 4.90 Å². The number of likely N-dealkylation sites (N-methyl/N-ethyl adjacent to an activating group) is 1. The molecule has 6 heteroatoms. The number of nitrogens with zero attached hydrogens (tertiary/aromatic N) is 4. The number of fused-ring (bicyclic) bond motifs is 1. The minimum absolute atomic E-state index is 0.143. The zero-order valence-electron chi connectivity index (χ0n) is 16.3. The lowest BCUT2D eigenvalue weighted by molar-refractivity contribution is -0.528. The van der Waals surface area contributed by atoms with Crippen molar-refractivity contribution < 1.29 is 9.51 Å². The van der Waals surface area contributed by atoms with E-state index in [4.69, 9.17) is 0 Å². The van der Waals surface area contributed by atoms with E-state index in [1.165, 1.54) is 5.56 Å². The van der Waals surface area contributed by atoms with Crippen LogP contribution in [0.5, 0.6) is 5.75 Å². The maximum absolute atomic E-state index is 13.0. The van der Waals surface area contributed by atoms with Crippen molar-refractivity contribution in [2.75, 3.05) is 33.2 Å². The first kappa shape index (κ1) is 18.7. The Morgan fingerprint density at radius 1 is 1.00 bits per heavy atom. The van der Waals surface area contributed by atoms with Gasteiger partial charge in [0.15, 0.2) is 5.69 Å². The zero-order valence-corrected chi connectivity index (χ0v) is 16.3. The Morgan fingerprint density at radius 3 is 2.46 bits per heavy atom. The summed E-state index contributed by atoms with van der Waals surface area (Å²) in [6.45, 7) is 4.96. The Labute approximate surface area is 164 Å². The van der Waals surface area contributed by atoms with Gasteiger partial charge in [-0.25, -0.2) is 4.79 Å². The first-order valence-electron chi connectivity index (χ1n) is 9.83. The van der Waals surface area contributed by atoms with Crippen molar-refractivity contribution in [3.63, 3.8) is 0 Å². The van der Waals surface area contributed by atoms with Crippen molar-refractivity contribution in [2.24, 2.45) is 0 Å². The quantitative estimate of drug-likeness (QED) is 0.679. The molecule has 0 radical (unpaired) electrons. The summed E-state index contributed by atoms with van der Waals surface area (Å²) < 4.78 is 3.63. The molecule has 0 amide bonds. The number of aromatic hydroxyl groups is 1. The molecule has 4 rings (SSSR count). The average molecular weight is 379 g/mol. The number of benzene rings is 1. The lowest BCUT2D eigenvalue weighted by Gasteiger charge is -2.31. The molecule has 2 aromatic heterocycles. The highest BCUT2D eigenvalue weighted by Crippen LogP contribution is 2.14. The molecule has 3 aromatic rings. The van der Waals surface area contributed by atoms with E-state index in [0.717, 1.165) is 38.2 Å². The number of pyridine rings is 1. The van der Waals surface area contributed by atoms with Gasteiger partial charge in [-0.15, -0.1) is 0 Å². The highest BCUT2D eigenvalue weighted by Gasteiger charge is 2.25. The van der Waals surface area contributed by atoms with E-state index in [0.29, 0.717) is 18.8 Å². The molecule has 1 aliphatic heterocycles. The van der Waals surface area contributed by atoms with E-state index < -0.39 is 0 Å². The van der Waals surface area contributed by atoms with E-state index in [9.17, 15) is 9.90 Å². The van der Waals surface area contributed by atoms with Gasteiger partial charge in [0.2, 0.25) is 0 Å². The van der Waals surface area contributed by atoms with Gasteiger partial charge in [0.05, 0.1) is 19.3 Å². The average Bonchev–Trinajstić information content (AvgIpc) is 2.73.